The normalized spacial score (nSPS) is 14.4. The predicted octanol–water partition coefficient (Wildman–Crippen LogP) is -0.502. The van der Waals surface area contributed by atoms with Crippen molar-refractivity contribution in [3.8, 4) is 0 Å². The number of hydrogen-bond donors (Lipinski definition) is 1. The molecule has 6 heteroatoms. The number of sulfone groups is 1. The number of nitrogens with zero attached hydrogens (tertiary/aromatic N) is 2. The van der Waals surface area contributed by atoms with E-state index in [0.29, 0.717) is 5.82 Å². The number of aliphatic hydroxyl groups is 1. The summed E-state index contributed by atoms with van der Waals surface area (Å²) in [5, 5.41) is 9.46. The molecule has 0 aliphatic heterocycles. The van der Waals surface area contributed by atoms with E-state index in [2.05, 4.69) is 4.98 Å². The van der Waals surface area contributed by atoms with Crippen molar-refractivity contribution in [1.29, 1.82) is 0 Å². The lowest BCUT2D eigenvalue weighted by Crippen LogP contribution is -2.16. The van der Waals surface area contributed by atoms with Gasteiger partial charge in [0.25, 0.3) is 0 Å². The van der Waals surface area contributed by atoms with Gasteiger partial charge in [-0.2, -0.15) is 0 Å². The van der Waals surface area contributed by atoms with E-state index in [4.69, 9.17) is 0 Å². The molecule has 0 aliphatic carbocycles. The van der Waals surface area contributed by atoms with Crippen LogP contribution in [0.1, 0.15) is 11.9 Å². The average molecular weight is 204 g/mol. The Balaban J connectivity index is 2.81. The number of hydrogen-bond acceptors (Lipinski definition) is 4. The number of imidazole rings is 1. The largest absolute Gasteiger partial charge is 0.384 e. The van der Waals surface area contributed by atoms with Gasteiger partial charge in [-0.25, -0.2) is 13.4 Å². The van der Waals surface area contributed by atoms with Crippen molar-refractivity contribution >= 4 is 9.84 Å². The van der Waals surface area contributed by atoms with Crippen molar-refractivity contribution in [3.63, 3.8) is 0 Å². The quantitative estimate of drug-likeness (QED) is 0.720. The Morgan fingerprint density at radius 1 is 1.69 bits per heavy atom. The molecule has 0 bridgehead atoms. The van der Waals surface area contributed by atoms with Gasteiger partial charge in [0.15, 0.2) is 0 Å². The standard InChI is InChI=1S/C7H12N2O3S/c1-9-4-3-8-7(9)6(10)5-13(2,11)12/h3-4,6,10H,5H2,1-2H3. The summed E-state index contributed by atoms with van der Waals surface area (Å²) < 4.78 is 23.3. The minimum atomic E-state index is -3.17. The molecule has 1 N–H and O–H groups in total. The zero-order valence-corrected chi connectivity index (χ0v) is 8.32. The van der Waals surface area contributed by atoms with Crippen molar-refractivity contribution in [2.24, 2.45) is 7.05 Å². The van der Waals surface area contributed by atoms with E-state index >= 15 is 0 Å². The SMILES string of the molecule is Cn1ccnc1C(O)CS(C)(=O)=O. The fourth-order valence-corrected chi connectivity index (χ4v) is 1.78. The third kappa shape index (κ3) is 2.82. The Bertz CT molecular complexity index is 382. The molecule has 5 nitrogen and oxygen atoms in total. The van der Waals surface area contributed by atoms with Crippen molar-refractivity contribution < 1.29 is 13.5 Å². The van der Waals surface area contributed by atoms with Gasteiger partial charge in [0, 0.05) is 25.7 Å². The Morgan fingerprint density at radius 3 is 2.69 bits per heavy atom. The smallest absolute Gasteiger partial charge is 0.150 e. The summed E-state index contributed by atoms with van der Waals surface area (Å²) in [5.41, 5.74) is 0. The second-order valence-electron chi connectivity index (χ2n) is 3.00. The summed E-state index contributed by atoms with van der Waals surface area (Å²) in [4.78, 5) is 3.85. The maximum absolute atomic E-state index is 10.9. The van der Waals surface area contributed by atoms with E-state index in [1.54, 1.807) is 17.8 Å². The first-order valence-electron chi connectivity index (χ1n) is 3.73. The van der Waals surface area contributed by atoms with Crippen LogP contribution in [0, 0.1) is 0 Å². The van der Waals surface area contributed by atoms with Gasteiger partial charge in [0.1, 0.15) is 21.8 Å². The molecule has 0 saturated carbocycles. The summed E-state index contributed by atoms with van der Waals surface area (Å²) in [5.74, 6) is 0.0723. The fourth-order valence-electron chi connectivity index (χ4n) is 1.06. The molecule has 0 amide bonds. The highest BCUT2D eigenvalue weighted by molar-refractivity contribution is 7.90. The molecule has 13 heavy (non-hydrogen) atoms. The molecular formula is C7H12N2O3S. The molecule has 1 rings (SSSR count). The molecule has 0 saturated heterocycles. The van der Waals surface area contributed by atoms with Crippen LogP contribution in [0.4, 0.5) is 0 Å². The molecule has 1 aromatic rings. The van der Waals surface area contributed by atoms with Gasteiger partial charge in [0.2, 0.25) is 0 Å². The summed E-state index contributed by atoms with van der Waals surface area (Å²) >= 11 is 0. The average Bonchev–Trinajstić information content (AvgIpc) is 2.30. The number of rotatable bonds is 3. The molecule has 0 fully saturated rings. The van der Waals surface area contributed by atoms with E-state index in [1.807, 2.05) is 0 Å². The summed E-state index contributed by atoms with van der Waals surface area (Å²) in [7, 11) is -1.47. The first-order chi connectivity index (χ1) is 5.90. The maximum Gasteiger partial charge on any atom is 0.150 e. The molecule has 1 aromatic heterocycles. The highest BCUT2D eigenvalue weighted by Gasteiger charge is 2.17. The van der Waals surface area contributed by atoms with Crippen molar-refractivity contribution in [2.45, 2.75) is 6.10 Å². The third-order valence-corrected chi connectivity index (χ3v) is 2.54. The van der Waals surface area contributed by atoms with Gasteiger partial charge in [0.05, 0.1) is 5.75 Å². The summed E-state index contributed by atoms with van der Waals surface area (Å²) in [6.07, 6.45) is 3.20. The molecule has 1 unspecified atom stereocenters. The van der Waals surface area contributed by atoms with E-state index in [-0.39, 0.29) is 5.75 Å². The highest BCUT2D eigenvalue weighted by Crippen LogP contribution is 2.10. The molecule has 1 atom stereocenters. The Kier molecular flexibility index (Phi) is 2.72. The van der Waals surface area contributed by atoms with Crippen LogP contribution in [-0.4, -0.2) is 35.1 Å². The minimum Gasteiger partial charge on any atom is -0.384 e. The zero-order valence-electron chi connectivity index (χ0n) is 7.51. The van der Waals surface area contributed by atoms with Crippen molar-refractivity contribution in [3.05, 3.63) is 18.2 Å². The zero-order chi connectivity index (χ0) is 10.1. The van der Waals surface area contributed by atoms with Gasteiger partial charge in [-0.1, -0.05) is 0 Å². The number of aliphatic hydroxyl groups excluding tert-OH is 1. The maximum atomic E-state index is 10.9. The summed E-state index contributed by atoms with van der Waals surface area (Å²) in [6.45, 7) is 0. The van der Waals surface area contributed by atoms with Gasteiger partial charge in [-0.05, 0) is 0 Å². The Morgan fingerprint density at radius 2 is 2.31 bits per heavy atom. The Labute approximate surface area is 76.9 Å². The molecule has 74 valence electrons. The second kappa shape index (κ2) is 3.47. The van der Waals surface area contributed by atoms with E-state index < -0.39 is 15.9 Å². The van der Waals surface area contributed by atoms with Crippen LogP contribution in [0.5, 0.6) is 0 Å². The van der Waals surface area contributed by atoms with Crippen LogP contribution in [0.15, 0.2) is 12.4 Å². The van der Waals surface area contributed by atoms with Crippen molar-refractivity contribution in [2.75, 3.05) is 12.0 Å². The van der Waals surface area contributed by atoms with Gasteiger partial charge < -0.3 is 9.67 Å². The Hall–Kier alpha value is -0.880. The monoisotopic (exact) mass is 204 g/mol. The molecule has 0 radical (unpaired) electrons. The first kappa shape index (κ1) is 10.2. The topological polar surface area (TPSA) is 72.2 Å². The van der Waals surface area contributed by atoms with Gasteiger partial charge in [-0.3, -0.25) is 0 Å². The van der Waals surface area contributed by atoms with E-state index in [9.17, 15) is 13.5 Å². The van der Waals surface area contributed by atoms with Crippen LogP contribution in [0.25, 0.3) is 0 Å². The van der Waals surface area contributed by atoms with Crippen LogP contribution < -0.4 is 0 Å². The molecule has 0 spiro atoms. The lowest BCUT2D eigenvalue weighted by molar-refractivity contribution is 0.188. The highest BCUT2D eigenvalue weighted by atomic mass is 32.2. The molecule has 0 aromatic carbocycles. The lowest BCUT2D eigenvalue weighted by atomic mass is 10.4. The molecule has 1 heterocycles. The number of aromatic nitrogens is 2. The first-order valence-corrected chi connectivity index (χ1v) is 5.79. The predicted molar refractivity (Wildman–Crippen MR) is 47.9 cm³/mol. The number of aryl methyl sites for hydroxylation is 1. The van der Waals surface area contributed by atoms with E-state index in [0.717, 1.165) is 6.26 Å². The minimum absolute atomic E-state index is 0.294. The fraction of sp³-hybridized carbons (Fsp3) is 0.571. The van der Waals surface area contributed by atoms with Crippen LogP contribution in [0.2, 0.25) is 0 Å². The molecular weight excluding hydrogens is 192 g/mol. The third-order valence-electron chi connectivity index (χ3n) is 1.62. The lowest BCUT2D eigenvalue weighted by Gasteiger charge is -2.08. The van der Waals surface area contributed by atoms with Crippen LogP contribution in [-0.2, 0) is 16.9 Å². The van der Waals surface area contributed by atoms with Crippen LogP contribution in [0.3, 0.4) is 0 Å². The molecule has 0 aliphatic rings. The van der Waals surface area contributed by atoms with E-state index in [1.165, 1.54) is 6.20 Å². The second-order valence-corrected chi connectivity index (χ2v) is 5.19. The van der Waals surface area contributed by atoms with Gasteiger partial charge >= 0.3 is 0 Å². The van der Waals surface area contributed by atoms with Gasteiger partial charge in [-0.15, -0.1) is 0 Å². The van der Waals surface area contributed by atoms with Crippen molar-refractivity contribution in [1.82, 2.24) is 9.55 Å². The summed E-state index contributed by atoms with van der Waals surface area (Å²) in [6, 6.07) is 0. The van der Waals surface area contributed by atoms with Crippen LogP contribution >= 0.6 is 0 Å².